The van der Waals surface area contributed by atoms with Crippen LogP contribution < -0.4 is 10.1 Å². The van der Waals surface area contributed by atoms with Crippen molar-refractivity contribution in [3.8, 4) is 5.75 Å². The van der Waals surface area contributed by atoms with E-state index in [4.69, 9.17) is 16.3 Å². The quantitative estimate of drug-likeness (QED) is 0.812. The molecule has 0 atom stereocenters. The smallest absolute Gasteiger partial charge is 0.238 e. The highest BCUT2D eigenvalue weighted by Gasteiger charge is 2.13. The number of benzene rings is 1. The fourth-order valence-electron chi connectivity index (χ4n) is 2.25. The number of aryl methyl sites for hydroxylation is 1. The lowest BCUT2D eigenvalue weighted by molar-refractivity contribution is -0.117. The molecule has 0 bridgehead atoms. The monoisotopic (exact) mass is 352 g/mol. The molecule has 4 nitrogen and oxygen atoms in total. The molecule has 23 heavy (non-hydrogen) atoms. The molecule has 1 heterocycles. The highest BCUT2D eigenvalue weighted by atomic mass is 35.5. The van der Waals surface area contributed by atoms with Gasteiger partial charge in [-0.05, 0) is 43.3 Å². The van der Waals surface area contributed by atoms with Gasteiger partial charge in [0.2, 0.25) is 5.91 Å². The lowest BCUT2D eigenvalue weighted by Gasteiger charge is -2.19. The van der Waals surface area contributed by atoms with Crippen molar-refractivity contribution in [2.75, 3.05) is 25.5 Å². The van der Waals surface area contributed by atoms with Crippen LogP contribution in [0.15, 0.2) is 30.3 Å². The second kappa shape index (κ2) is 8.34. The van der Waals surface area contributed by atoms with Crippen molar-refractivity contribution in [1.29, 1.82) is 0 Å². The Morgan fingerprint density at radius 2 is 2.13 bits per heavy atom. The van der Waals surface area contributed by atoms with E-state index in [0.29, 0.717) is 24.5 Å². The minimum Gasteiger partial charge on any atom is -0.495 e. The summed E-state index contributed by atoms with van der Waals surface area (Å²) in [5, 5.41) is 2.93. The summed E-state index contributed by atoms with van der Waals surface area (Å²) < 4.78 is 6.06. The van der Waals surface area contributed by atoms with Crippen molar-refractivity contribution in [2.24, 2.45) is 0 Å². The minimum atomic E-state index is -0.0570. The van der Waals surface area contributed by atoms with Crippen LogP contribution >= 0.6 is 22.9 Å². The standard InChI is InChI=1S/C17H21ClN2O2S/c1-4-20(10-13-6-8-16(18)23-13)11-17(21)19-14-9-12(2)5-7-15(14)22-3/h5-9H,4,10-11H2,1-3H3,(H,19,21). The Balaban J connectivity index is 1.98. The SMILES string of the molecule is CCN(CC(=O)Nc1cc(C)ccc1OC)Cc1ccc(Cl)s1. The predicted octanol–water partition coefficient (Wildman–Crippen LogP) is 4.18. The maximum atomic E-state index is 12.3. The summed E-state index contributed by atoms with van der Waals surface area (Å²) >= 11 is 7.50. The van der Waals surface area contributed by atoms with Gasteiger partial charge in [-0.25, -0.2) is 0 Å². The second-order valence-electron chi connectivity index (χ2n) is 5.26. The van der Waals surface area contributed by atoms with Crippen LogP contribution in [-0.4, -0.2) is 31.0 Å². The summed E-state index contributed by atoms with van der Waals surface area (Å²) in [6, 6.07) is 9.60. The van der Waals surface area contributed by atoms with Crippen LogP contribution in [0.2, 0.25) is 4.34 Å². The van der Waals surface area contributed by atoms with Crippen LogP contribution in [0.5, 0.6) is 5.75 Å². The molecule has 0 aliphatic carbocycles. The maximum Gasteiger partial charge on any atom is 0.238 e. The van der Waals surface area contributed by atoms with Crippen molar-refractivity contribution in [3.05, 3.63) is 45.1 Å². The predicted molar refractivity (Wildman–Crippen MR) is 96.6 cm³/mol. The molecule has 1 N–H and O–H groups in total. The number of ether oxygens (including phenoxy) is 1. The number of hydrogen-bond acceptors (Lipinski definition) is 4. The van der Waals surface area contributed by atoms with E-state index in [1.807, 2.05) is 44.2 Å². The molecule has 0 unspecified atom stereocenters. The lowest BCUT2D eigenvalue weighted by atomic mass is 10.2. The molecule has 0 saturated carbocycles. The number of rotatable bonds is 7. The molecule has 0 aliphatic heterocycles. The number of amides is 1. The first kappa shape index (κ1) is 17.8. The molecule has 124 valence electrons. The van der Waals surface area contributed by atoms with Gasteiger partial charge in [0, 0.05) is 11.4 Å². The van der Waals surface area contributed by atoms with Gasteiger partial charge >= 0.3 is 0 Å². The molecule has 2 aromatic rings. The zero-order valence-electron chi connectivity index (χ0n) is 13.6. The van der Waals surface area contributed by atoms with Crippen LogP contribution in [0.1, 0.15) is 17.4 Å². The lowest BCUT2D eigenvalue weighted by Crippen LogP contribution is -2.32. The van der Waals surface area contributed by atoms with Crippen LogP contribution in [0, 0.1) is 6.92 Å². The van der Waals surface area contributed by atoms with Crippen molar-refractivity contribution >= 4 is 34.5 Å². The molecular weight excluding hydrogens is 332 g/mol. The maximum absolute atomic E-state index is 12.3. The van der Waals surface area contributed by atoms with Crippen molar-refractivity contribution in [3.63, 3.8) is 0 Å². The number of anilines is 1. The highest BCUT2D eigenvalue weighted by Crippen LogP contribution is 2.25. The first-order chi connectivity index (χ1) is 11.0. The third-order valence-electron chi connectivity index (χ3n) is 3.45. The summed E-state index contributed by atoms with van der Waals surface area (Å²) in [6.45, 7) is 5.84. The zero-order valence-corrected chi connectivity index (χ0v) is 15.1. The van der Waals surface area contributed by atoms with Gasteiger partial charge in [-0.1, -0.05) is 24.6 Å². The van der Waals surface area contributed by atoms with Crippen molar-refractivity contribution in [2.45, 2.75) is 20.4 Å². The van der Waals surface area contributed by atoms with E-state index in [1.165, 1.54) is 0 Å². The summed E-state index contributed by atoms with van der Waals surface area (Å²) in [5.74, 6) is 0.607. The molecule has 1 amide bonds. The van der Waals surface area contributed by atoms with E-state index in [-0.39, 0.29) is 5.91 Å². The van der Waals surface area contributed by atoms with Crippen LogP contribution in [0.25, 0.3) is 0 Å². The van der Waals surface area contributed by atoms with Gasteiger partial charge in [-0.15, -0.1) is 11.3 Å². The van der Waals surface area contributed by atoms with E-state index >= 15 is 0 Å². The molecule has 0 spiro atoms. The third kappa shape index (κ3) is 5.23. The number of thiophene rings is 1. The molecule has 6 heteroatoms. The average Bonchev–Trinajstić information content (AvgIpc) is 2.92. The van der Waals surface area contributed by atoms with Crippen molar-refractivity contribution in [1.82, 2.24) is 4.90 Å². The molecule has 2 rings (SSSR count). The fraction of sp³-hybridized carbons (Fsp3) is 0.353. The number of nitrogens with zero attached hydrogens (tertiary/aromatic N) is 1. The van der Waals surface area contributed by atoms with E-state index in [2.05, 4.69) is 10.2 Å². The average molecular weight is 353 g/mol. The Morgan fingerprint density at radius 3 is 2.74 bits per heavy atom. The number of carbonyl (C=O) groups is 1. The third-order valence-corrected chi connectivity index (χ3v) is 4.67. The fourth-order valence-corrected chi connectivity index (χ4v) is 3.38. The van der Waals surface area contributed by atoms with Gasteiger partial charge in [-0.2, -0.15) is 0 Å². The normalized spacial score (nSPS) is 10.8. The number of halogens is 1. The Kier molecular flexibility index (Phi) is 6.45. The topological polar surface area (TPSA) is 41.6 Å². The molecular formula is C17H21ClN2O2S. The Hall–Kier alpha value is -1.56. The van der Waals surface area contributed by atoms with E-state index in [0.717, 1.165) is 21.3 Å². The van der Waals surface area contributed by atoms with Crippen molar-refractivity contribution < 1.29 is 9.53 Å². The Bertz CT molecular complexity index is 672. The van der Waals surface area contributed by atoms with Gasteiger partial charge in [0.1, 0.15) is 5.75 Å². The number of hydrogen-bond donors (Lipinski definition) is 1. The Morgan fingerprint density at radius 1 is 1.35 bits per heavy atom. The van der Waals surface area contributed by atoms with Gasteiger partial charge in [0.25, 0.3) is 0 Å². The van der Waals surface area contributed by atoms with Gasteiger partial charge < -0.3 is 10.1 Å². The number of likely N-dealkylation sites (N-methyl/N-ethyl adjacent to an activating group) is 1. The van der Waals surface area contributed by atoms with E-state index in [1.54, 1.807) is 18.4 Å². The van der Waals surface area contributed by atoms with Gasteiger partial charge in [-0.3, -0.25) is 9.69 Å². The number of carbonyl (C=O) groups excluding carboxylic acids is 1. The van der Waals surface area contributed by atoms with E-state index < -0.39 is 0 Å². The summed E-state index contributed by atoms with van der Waals surface area (Å²) in [4.78, 5) is 15.5. The first-order valence-corrected chi connectivity index (χ1v) is 8.62. The van der Waals surface area contributed by atoms with Crippen LogP contribution in [0.3, 0.4) is 0 Å². The zero-order chi connectivity index (χ0) is 16.8. The largest absolute Gasteiger partial charge is 0.495 e. The molecule has 0 saturated heterocycles. The van der Waals surface area contributed by atoms with Crippen LogP contribution in [0.4, 0.5) is 5.69 Å². The number of nitrogens with one attached hydrogen (secondary N) is 1. The molecule has 0 fully saturated rings. The van der Waals surface area contributed by atoms with E-state index in [9.17, 15) is 4.79 Å². The summed E-state index contributed by atoms with van der Waals surface area (Å²) in [5.41, 5.74) is 1.77. The van der Waals surface area contributed by atoms with Gasteiger partial charge in [0.15, 0.2) is 0 Å². The number of methoxy groups -OCH3 is 1. The molecule has 1 aromatic carbocycles. The summed E-state index contributed by atoms with van der Waals surface area (Å²) in [7, 11) is 1.60. The first-order valence-electron chi connectivity index (χ1n) is 7.43. The van der Waals surface area contributed by atoms with Crippen LogP contribution in [-0.2, 0) is 11.3 Å². The van der Waals surface area contributed by atoms with Gasteiger partial charge in [0.05, 0.1) is 23.7 Å². The Labute approximate surface area is 146 Å². The molecule has 0 radical (unpaired) electrons. The highest BCUT2D eigenvalue weighted by molar-refractivity contribution is 7.16. The minimum absolute atomic E-state index is 0.0570. The molecule has 1 aromatic heterocycles. The molecule has 0 aliphatic rings. The second-order valence-corrected chi connectivity index (χ2v) is 7.06. The summed E-state index contributed by atoms with van der Waals surface area (Å²) in [6.07, 6.45) is 0.